The zero-order chi connectivity index (χ0) is 17.1. The molecule has 6 heteroatoms. The van der Waals surface area contributed by atoms with Crippen molar-refractivity contribution < 1.29 is 14.3 Å². The van der Waals surface area contributed by atoms with Crippen LogP contribution in [0.5, 0.6) is 0 Å². The number of carbonyl (C=O) groups excluding carboxylic acids is 2. The molecule has 24 heavy (non-hydrogen) atoms. The number of nitrogens with one attached hydrogen (secondary N) is 1. The molecule has 2 fully saturated rings. The van der Waals surface area contributed by atoms with Gasteiger partial charge in [0.05, 0.1) is 6.54 Å². The summed E-state index contributed by atoms with van der Waals surface area (Å²) in [6.45, 7) is 6.64. The number of piperidine rings is 1. The average molecular weight is 331 g/mol. The molecule has 2 saturated heterocycles. The lowest BCUT2D eigenvalue weighted by molar-refractivity contribution is -0.132. The van der Waals surface area contributed by atoms with Crippen LogP contribution in [0.25, 0.3) is 0 Å². The summed E-state index contributed by atoms with van der Waals surface area (Å²) in [5, 5.41) is 3.54. The van der Waals surface area contributed by atoms with E-state index in [1.807, 2.05) is 4.90 Å². The highest BCUT2D eigenvalue weighted by molar-refractivity contribution is 5.83. The van der Waals surface area contributed by atoms with Crippen LogP contribution in [0.15, 0.2) is 18.2 Å². The first-order valence-electron chi connectivity index (χ1n) is 8.56. The number of carbonyl (C=O) groups is 2. The van der Waals surface area contributed by atoms with E-state index >= 15 is 0 Å². The molecule has 2 aliphatic heterocycles. The van der Waals surface area contributed by atoms with E-state index in [0.717, 1.165) is 25.1 Å². The fourth-order valence-corrected chi connectivity index (χ4v) is 3.22. The van der Waals surface area contributed by atoms with Crippen LogP contribution in [0.3, 0.4) is 0 Å². The summed E-state index contributed by atoms with van der Waals surface area (Å²) in [6, 6.07) is 6.59. The standard InChI is InChI=1S/C18H25N3O3/c1-13-5-6-15(10-14(13)2)19-16-4-3-7-20(11-16)17(22)12-21-8-9-24-18(21)23/h5-6,10,16,19H,3-4,7-9,11-12H2,1-2H3/t16-/m0/s1. The second-order valence-electron chi connectivity index (χ2n) is 6.66. The highest BCUT2D eigenvalue weighted by Gasteiger charge is 2.29. The van der Waals surface area contributed by atoms with Crippen molar-refractivity contribution in [2.45, 2.75) is 32.7 Å². The van der Waals surface area contributed by atoms with Crippen LogP contribution in [0.2, 0.25) is 0 Å². The quantitative estimate of drug-likeness (QED) is 0.918. The molecule has 0 saturated carbocycles. The summed E-state index contributed by atoms with van der Waals surface area (Å²) in [6.07, 6.45) is 1.63. The smallest absolute Gasteiger partial charge is 0.410 e. The molecule has 0 radical (unpaired) electrons. The predicted molar refractivity (Wildman–Crippen MR) is 92.1 cm³/mol. The van der Waals surface area contributed by atoms with E-state index < -0.39 is 0 Å². The van der Waals surface area contributed by atoms with Crippen molar-refractivity contribution in [3.05, 3.63) is 29.3 Å². The number of amides is 2. The van der Waals surface area contributed by atoms with Crippen LogP contribution in [0.1, 0.15) is 24.0 Å². The van der Waals surface area contributed by atoms with Gasteiger partial charge in [0, 0.05) is 24.8 Å². The van der Waals surface area contributed by atoms with Crippen LogP contribution in [-0.2, 0) is 9.53 Å². The molecule has 0 bridgehead atoms. The molecule has 1 aromatic carbocycles. The Morgan fingerprint density at radius 3 is 2.83 bits per heavy atom. The number of hydrogen-bond acceptors (Lipinski definition) is 4. The number of benzene rings is 1. The van der Waals surface area contributed by atoms with Crippen molar-refractivity contribution in [2.24, 2.45) is 0 Å². The Balaban J connectivity index is 1.56. The maximum absolute atomic E-state index is 12.4. The highest BCUT2D eigenvalue weighted by atomic mass is 16.6. The minimum atomic E-state index is -0.384. The molecule has 1 aromatic rings. The first-order valence-corrected chi connectivity index (χ1v) is 8.56. The molecular weight excluding hydrogens is 306 g/mol. The number of cyclic esters (lactones) is 1. The number of likely N-dealkylation sites (tertiary alicyclic amines) is 1. The minimum Gasteiger partial charge on any atom is -0.448 e. The Kier molecular flexibility index (Phi) is 4.92. The molecule has 2 amide bonds. The third kappa shape index (κ3) is 3.80. The summed E-state index contributed by atoms with van der Waals surface area (Å²) >= 11 is 0. The molecule has 0 aromatic heterocycles. The van der Waals surface area contributed by atoms with E-state index in [2.05, 4.69) is 37.4 Å². The normalized spacial score (nSPS) is 20.9. The minimum absolute atomic E-state index is 0.000404. The Morgan fingerprint density at radius 2 is 2.12 bits per heavy atom. The zero-order valence-electron chi connectivity index (χ0n) is 14.4. The Bertz CT molecular complexity index is 632. The van der Waals surface area contributed by atoms with Gasteiger partial charge in [-0.25, -0.2) is 4.79 Å². The van der Waals surface area contributed by atoms with Crippen molar-refractivity contribution in [2.75, 3.05) is 38.1 Å². The van der Waals surface area contributed by atoms with Gasteiger partial charge in [-0.1, -0.05) is 6.07 Å². The second-order valence-corrected chi connectivity index (χ2v) is 6.66. The molecule has 3 rings (SSSR count). The van der Waals surface area contributed by atoms with Gasteiger partial charge in [-0.2, -0.15) is 0 Å². The molecule has 0 aliphatic carbocycles. The number of aryl methyl sites for hydroxylation is 2. The van der Waals surface area contributed by atoms with Crippen LogP contribution in [-0.4, -0.2) is 60.6 Å². The van der Waals surface area contributed by atoms with E-state index in [4.69, 9.17) is 4.74 Å². The number of hydrogen-bond donors (Lipinski definition) is 1. The lowest BCUT2D eigenvalue weighted by Crippen LogP contribution is -2.48. The Hall–Kier alpha value is -2.24. The van der Waals surface area contributed by atoms with Gasteiger partial charge in [0.15, 0.2) is 0 Å². The molecular formula is C18H25N3O3. The lowest BCUT2D eigenvalue weighted by Gasteiger charge is -2.34. The summed E-state index contributed by atoms with van der Waals surface area (Å²) in [7, 11) is 0. The Labute approximate surface area is 142 Å². The number of rotatable bonds is 4. The monoisotopic (exact) mass is 331 g/mol. The van der Waals surface area contributed by atoms with E-state index in [1.54, 1.807) is 0 Å². The van der Waals surface area contributed by atoms with Gasteiger partial charge in [0.1, 0.15) is 13.2 Å². The Morgan fingerprint density at radius 1 is 1.29 bits per heavy atom. The maximum Gasteiger partial charge on any atom is 0.410 e. The number of ether oxygens (including phenoxy) is 1. The molecule has 130 valence electrons. The van der Waals surface area contributed by atoms with Gasteiger partial charge < -0.3 is 15.0 Å². The van der Waals surface area contributed by atoms with Crippen molar-refractivity contribution >= 4 is 17.7 Å². The molecule has 0 spiro atoms. The van der Waals surface area contributed by atoms with E-state index in [-0.39, 0.29) is 24.6 Å². The van der Waals surface area contributed by atoms with Crippen LogP contribution >= 0.6 is 0 Å². The van der Waals surface area contributed by atoms with Crippen LogP contribution in [0.4, 0.5) is 10.5 Å². The van der Waals surface area contributed by atoms with Gasteiger partial charge in [-0.05, 0) is 49.9 Å². The summed E-state index contributed by atoms with van der Waals surface area (Å²) in [5.41, 5.74) is 3.63. The SMILES string of the molecule is Cc1ccc(N[C@H]2CCCN(C(=O)CN3CCOC3=O)C2)cc1C. The second kappa shape index (κ2) is 7.11. The fourth-order valence-electron chi connectivity index (χ4n) is 3.22. The summed E-state index contributed by atoms with van der Waals surface area (Å²) < 4.78 is 4.88. The van der Waals surface area contributed by atoms with Gasteiger partial charge in [0.25, 0.3) is 0 Å². The highest BCUT2D eigenvalue weighted by Crippen LogP contribution is 2.19. The van der Waals surface area contributed by atoms with Crippen LogP contribution in [0, 0.1) is 13.8 Å². The maximum atomic E-state index is 12.4. The third-order valence-electron chi connectivity index (χ3n) is 4.82. The number of anilines is 1. The van der Waals surface area contributed by atoms with Gasteiger partial charge in [-0.3, -0.25) is 9.69 Å². The van der Waals surface area contributed by atoms with Crippen molar-refractivity contribution in [1.82, 2.24) is 9.80 Å². The summed E-state index contributed by atoms with van der Waals surface area (Å²) in [4.78, 5) is 27.3. The molecule has 1 atom stereocenters. The van der Waals surface area contributed by atoms with Gasteiger partial charge in [-0.15, -0.1) is 0 Å². The topological polar surface area (TPSA) is 61.9 Å². The first-order chi connectivity index (χ1) is 11.5. The van der Waals surface area contributed by atoms with Gasteiger partial charge >= 0.3 is 6.09 Å². The zero-order valence-corrected chi connectivity index (χ0v) is 14.4. The van der Waals surface area contributed by atoms with E-state index in [9.17, 15) is 9.59 Å². The molecule has 6 nitrogen and oxygen atoms in total. The molecule has 0 unspecified atom stereocenters. The van der Waals surface area contributed by atoms with Gasteiger partial charge in [0.2, 0.25) is 5.91 Å². The first kappa shape index (κ1) is 16.6. The molecule has 2 heterocycles. The lowest BCUT2D eigenvalue weighted by atomic mass is 10.0. The largest absolute Gasteiger partial charge is 0.448 e. The molecule has 1 N–H and O–H groups in total. The van der Waals surface area contributed by atoms with Crippen LogP contribution < -0.4 is 5.32 Å². The van der Waals surface area contributed by atoms with E-state index in [1.165, 1.54) is 16.0 Å². The summed E-state index contributed by atoms with van der Waals surface area (Å²) in [5.74, 6) is 0.000404. The average Bonchev–Trinajstić information content (AvgIpc) is 2.96. The van der Waals surface area contributed by atoms with Crippen molar-refractivity contribution in [3.63, 3.8) is 0 Å². The van der Waals surface area contributed by atoms with E-state index in [0.29, 0.717) is 19.7 Å². The van der Waals surface area contributed by atoms with Crippen molar-refractivity contribution in [3.8, 4) is 0 Å². The number of nitrogens with zero attached hydrogens (tertiary/aromatic N) is 2. The molecule has 2 aliphatic rings. The van der Waals surface area contributed by atoms with Crippen molar-refractivity contribution in [1.29, 1.82) is 0 Å². The predicted octanol–water partition coefficient (Wildman–Crippen LogP) is 2.16. The fraction of sp³-hybridized carbons (Fsp3) is 0.556. The third-order valence-corrected chi connectivity index (χ3v) is 4.82.